The van der Waals surface area contributed by atoms with E-state index in [-0.39, 0.29) is 0 Å². The Morgan fingerprint density at radius 1 is 1.25 bits per heavy atom. The Balaban J connectivity index is 2.18. The second kappa shape index (κ2) is 6.32. The maximum absolute atomic E-state index is 5.95. The van der Waals surface area contributed by atoms with E-state index >= 15 is 0 Å². The van der Waals surface area contributed by atoms with E-state index < -0.39 is 0 Å². The van der Waals surface area contributed by atoms with Crippen LogP contribution in [0.3, 0.4) is 0 Å². The highest BCUT2D eigenvalue weighted by molar-refractivity contribution is 5.55. The average molecular weight is 271 g/mol. The maximum Gasteiger partial charge on any atom is 0.135 e. The lowest BCUT2D eigenvalue weighted by atomic mass is 10.1. The van der Waals surface area contributed by atoms with Gasteiger partial charge in [0.05, 0.1) is 0 Å². The van der Waals surface area contributed by atoms with Crippen molar-refractivity contribution >= 4 is 11.6 Å². The van der Waals surface area contributed by atoms with Gasteiger partial charge in [0, 0.05) is 30.9 Å². The Bertz CT molecular complexity index is 595. The number of nitrogens with one attached hydrogen (secondary N) is 1. The van der Waals surface area contributed by atoms with Crippen molar-refractivity contribution in [3.05, 3.63) is 41.0 Å². The quantitative estimate of drug-likeness (QED) is 0.874. The van der Waals surface area contributed by atoms with Crippen LogP contribution < -0.4 is 11.1 Å². The number of nitrogen functional groups attached to an aromatic ring is 1. The van der Waals surface area contributed by atoms with Crippen LogP contribution in [-0.4, -0.2) is 15.0 Å². The minimum Gasteiger partial charge on any atom is -0.383 e. The van der Waals surface area contributed by atoms with E-state index in [0.717, 1.165) is 35.6 Å². The van der Waals surface area contributed by atoms with Gasteiger partial charge in [0.2, 0.25) is 0 Å². The molecule has 0 fully saturated rings. The highest BCUT2D eigenvalue weighted by Crippen LogP contribution is 2.19. The molecule has 0 unspecified atom stereocenters. The number of aryl methyl sites for hydroxylation is 2. The number of rotatable bonds is 5. The lowest BCUT2D eigenvalue weighted by Gasteiger charge is -2.12. The molecule has 106 valence electrons. The molecule has 2 aromatic heterocycles. The van der Waals surface area contributed by atoms with Gasteiger partial charge in [0.25, 0.3) is 0 Å². The topological polar surface area (TPSA) is 76.7 Å². The van der Waals surface area contributed by atoms with Crippen LogP contribution >= 0.6 is 0 Å². The molecule has 0 amide bonds. The van der Waals surface area contributed by atoms with Gasteiger partial charge in [0.1, 0.15) is 17.5 Å². The molecule has 0 aliphatic carbocycles. The first kappa shape index (κ1) is 14.2. The summed E-state index contributed by atoms with van der Waals surface area (Å²) in [6, 6.07) is 2.00. The van der Waals surface area contributed by atoms with Gasteiger partial charge in [-0.15, -0.1) is 0 Å². The van der Waals surface area contributed by atoms with Gasteiger partial charge in [-0.05, 0) is 37.5 Å². The molecule has 3 N–H and O–H groups in total. The normalized spacial score (nSPS) is 10.6. The minimum atomic E-state index is 0.550. The molecule has 0 saturated carbocycles. The highest BCUT2D eigenvalue weighted by Gasteiger charge is 2.08. The summed E-state index contributed by atoms with van der Waals surface area (Å²) in [5.41, 5.74) is 9.20. The number of hydrogen-bond donors (Lipinski definition) is 2. The fraction of sp³-hybridized carbons (Fsp3) is 0.400. The van der Waals surface area contributed by atoms with E-state index in [1.165, 1.54) is 5.56 Å². The minimum absolute atomic E-state index is 0.550. The molecule has 2 aromatic rings. The molecule has 0 bridgehead atoms. The molecule has 2 heterocycles. The van der Waals surface area contributed by atoms with Crippen LogP contribution in [0.15, 0.2) is 18.5 Å². The third kappa shape index (κ3) is 3.23. The Morgan fingerprint density at radius 3 is 2.75 bits per heavy atom. The molecule has 0 aromatic carbocycles. The van der Waals surface area contributed by atoms with E-state index in [1.807, 2.05) is 19.2 Å². The third-order valence-electron chi connectivity index (χ3n) is 3.30. The zero-order chi connectivity index (χ0) is 14.5. The molecule has 2 rings (SSSR count). The van der Waals surface area contributed by atoms with Crippen molar-refractivity contribution in [2.24, 2.45) is 0 Å². The van der Waals surface area contributed by atoms with Crippen molar-refractivity contribution in [1.82, 2.24) is 15.0 Å². The van der Waals surface area contributed by atoms with Crippen molar-refractivity contribution in [2.45, 2.75) is 40.2 Å². The van der Waals surface area contributed by atoms with Gasteiger partial charge in [-0.25, -0.2) is 9.97 Å². The summed E-state index contributed by atoms with van der Waals surface area (Å²) in [6.07, 6.45) is 5.51. The molecule has 0 saturated heterocycles. The largest absolute Gasteiger partial charge is 0.383 e. The summed E-state index contributed by atoms with van der Waals surface area (Å²) in [5, 5.41) is 3.34. The molecule has 0 spiro atoms. The van der Waals surface area contributed by atoms with Gasteiger partial charge < -0.3 is 11.1 Å². The van der Waals surface area contributed by atoms with E-state index in [0.29, 0.717) is 12.4 Å². The SMILES string of the molecule is CCCc1nc(N)c(C)c(NCc2cnccc2C)n1. The van der Waals surface area contributed by atoms with E-state index in [2.05, 4.69) is 34.1 Å². The predicted octanol–water partition coefficient (Wildman–Crippen LogP) is 2.64. The van der Waals surface area contributed by atoms with Crippen LogP contribution in [0, 0.1) is 13.8 Å². The van der Waals surface area contributed by atoms with Crippen molar-refractivity contribution < 1.29 is 0 Å². The number of hydrogen-bond acceptors (Lipinski definition) is 5. The Labute approximate surface area is 119 Å². The van der Waals surface area contributed by atoms with Gasteiger partial charge in [0.15, 0.2) is 0 Å². The standard InChI is InChI=1S/C15H21N5/c1-4-5-13-19-14(16)11(3)15(20-13)18-9-12-8-17-7-6-10(12)2/h6-8H,4-5,9H2,1-3H3,(H3,16,18,19,20). The number of pyridine rings is 1. The number of anilines is 2. The zero-order valence-corrected chi connectivity index (χ0v) is 12.3. The van der Waals surface area contributed by atoms with E-state index in [4.69, 9.17) is 5.73 Å². The monoisotopic (exact) mass is 271 g/mol. The summed E-state index contributed by atoms with van der Waals surface area (Å²) < 4.78 is 0. The molecule has 20 heavy (non-hydrogen) atoms. The molecular weight excluding hydrogens is 250 g/mol. The smallest absolute Gasteiger partial charge is 0.135 e. The molecule has 0 radical (unpaired) electrons. The summed E-state index contributed by atoms with van der Waals surface area (Å²) in [6.45, 7) is 6.79. The van der Waals surface area contributed by atoms with Crippen molar-refractivity contribution in [2.75, 3.05) is 11.1 Å². The van der Waals surface area contributed by atoms with E-state index in [1.54, 1.807) is 6.20 Å². The summed E-state index contributed by atoms with van der Waals surface area (Å²) in [4.78, 5) is 13.0. The second-order valence-corrected chi connectivity index (χ2v) is 4.90. The fourth-order valence-electron chi connectivity index (χ4n) is 1.95. The molecule has 0 aliphatic heterocycles. The molecule has 0 aliphatic rings. The summed E-state index contributed by atoms with van der Waals surface area (Å²) >= 11 is 0. The van der Waals surface area contributed by atoms with Crippen LogP contribution in [-0.2, 0) is 13.0 Å². The van der Waals surface area contributed by atoms with Crippen molar-refractivity contribution in [3.8, 4) is 0 Å². The Kier molecular flexibility index (Phi) is 4.50. The van der Waals surface area contributed by atoms with Crippen molar-refractivity contribution in [3.63, 3.8) is 0 Å². The van der Waals surface area contributed by atoms with Gasteiger partial charge in [-0.2, -0.15) is 0 Å². The first-order valence-corrected chi connectivity index (χ1v) is 6.88. The van der Waals surface area contributed by atoms with Crippen LogP contribution in [0.25, 0.3) is 0 Å². The molecule has 5 nitrogen and oxygen atoms in total. The third-order valence-corrected chi connectivity index (χ3v) is 3.30. The molecule has 0 atom stereocenters. The average Bonchev–Trinajstić information content (AvgIpc) is 2.43. The lowest BCUT2D eigenvalue weighted by Crippen LogP contribution is -2.10. The fourth-order valence-corrected chi connectivity index (χ4v) is 1.95. The maximum atomic E-state index is 5.95. The van der Waals surface area contributed by atoms with Crippen molar-refractivity contribution in [1.29, 1.82) is 0 Å². The number of aromatic nitrogens is 3. The van der Waals surface area contributed by atoms with Crippen LogP contribution in [0.4, 0.5) is 11.6 Å². The lowest BCUT2D eigenvalue weighted by molar-refractivity contribution is 0.833. The molecular formula is C15H21N5. The Hall–Kier alpha value is -2.17. The summed E-state index contributed by atoms with van der Waals surface area (Å²) in [7, 11) is 0. The van der Waals surface area contributed by atoms with Crippen LogP contribution in [0.2, 0.25) is 0 Å². The molecule has 5 heteroatoms. The highest BCUT2D eigenvalue weighted by atomic mass is 15.1. The Morgan fingerprint density at radius 2 is 2.05 bits per heavy atom. The van der Waals surface area contributed by atoms with Crippen LogP contribution in [0.5, 0.6) is 0 Å². The van der Waals surface area contributed by atoms with Crippen LogP contribution in [0.1, 0.15) is 35.9 Å². The first-order chi connectivity index (χ1) is 9.61. The number of nitrogens with two attached hydrogens (primary N) is 1. The summed E-state index contributed by atoms with van der Waals surface area (Å²) in [5.74, 6) is 2.15. The van der Waals surface area contributed by atoms with Gasteiger partial charge in [-0.1, -0.05) is 6.92 Å². The second-order valence-electron chi connectivity index (χ2n) is 4.90. The number of nitrogens with zero attached hydrogens (tertiary/aromatic N) is 3. The van der Waals surface area contributed by atoms with Gasteiger partial charge >= 0.3 is 0 Å². The zero-order valence-electron chi connectivity index (χ0n) is 12.3. The first-order valence-electron chi connectivity index (χ1n) is 6.88. The predicted molar refractivity (Wildman–Crippen MR) is 81.5 cm³/mol. The van der Waals surface area contributed by atoms with E-state index in [9.17, 15) is 0 Å². The van der Waals surface area contributed by atoms with Gasteiger partial charge in [-0.3, -0.25) is 4.98 Å².